The molecule has 0 spiro atoms. The molecule has 0 aromatic heterocycles. The van der Waals surface area contributed by atoms with Gasteiger partial charge < -0.3 is 14.5 Å². The zero-order chi connectivity index (χ0) is 27.4. The number of piperidine rings is 1. The van der Waals surface area contributed by atoms with Crippen LogP contribution >= 0.6 is 0 Å². The van der Waals surface area contributed by atoms with Gasteiger partial charge in [0.1, 0.15) is 0 Å². The highest BCUT2D eigenvalue weighted by molar-refractivity contribution is 5.82. The maximum atomic E-state index is 14.4. The minimum atomic E-state index is -4.25. The Balaban J connectivity index is 1.14. The van der Waals surface area contributed by atoms with Gasteiger partial charge in [-0.2, -0.15) is 13.2 Å². The van der Waals surface area contributed by atoms with Crippen molar-refractivity contribution in [3.63, 3.8) is 0 Å². The quantitative estimate of drug-likeness (QED) is 0.522. The molecule has 2 aliphatic carbocycles. The molecule has 4 aliphatic heterocycles. The van der Waals surface area contributed by atoms with Crippen molar-refractivity contribution >= 4 is 5.91 Å². The molecule has 10 heteroatoms. The lowest BCUT2D eigenvalue weighted by molar-refractivity contribution is -0.204. The van der Waals surface area contributed by atoms with Crippen LogP contribution in [0.1, 0.15) is 64.7 Å². The zero-order valence-corrected chi connectivity index (χ0v) is 23.7. The van der Waals surface area contributed by atoms with Crippen molar-refractivity contribution in [1.82, 2.24) is 25.6 Å². The number of hydrogen-bond acceptors (Lipinski definition) is 6. The van der Waals surface area contributed by atoms with Gasteiger partial charge in [-0.3, -0.25) is 9.69 Å². The van der Waals surface area contributed by atoms with Gasteiger partial charge in [0.05, 0.1) is 32.0 Å². The van der Waals surface area contributed by atoms with Gasteiger partial charge in [0.15, 0.2) is 0 Å². The van der Waals surface area contributed by atoms with Gasteiger partial charge in [-0.1, -0.05) is 13.3 Å². The van der Waals surface area contributed by atoms with Crippen LogP contribution in [0.5, 0.6) is 0 Å². The Hall–Kier alpha value is -0.940. The van der Waals surface area contributed by atoms with Gasteiger partial charge in [-0.15, -0.1) is 0 Å². The Labute approximate surface area is 231 Å². The number of ether oxygens (including phenoxy) is 1. The van der Waals surface area contributed by atoms with Crippen molar-refractivity contribution in [2.24, 2.45) is 40.9 Å². The van der Waals surface area contributed by atoms with Crippen LogP contribution in [0.3, 0.4) is 0 Å². The number of amides is 1. The van der Waals surface area contributed by atoms with Crippen molar-refractivity contribution in [2.45, 2.75) is 83.1 Å². The minimum Gasteiger partial charge on any atom is -0.380 e. The van der Waals surface area contributed by atoms with Gasteiger partial charge in [0.2, 0.25) is 5.91 Å². The number of fused-ring (bicyclic) bond motifs is 1. The molecule has 7 nitrogen and oxygen atoms in total. The summed E-state index contributed by atoms with van der Waals surface area (Å²) >= 11 is 0. The highest BCUT2D eigenvalue weighted by atomic mass is 19.4. The van der Waals surface area contributed by atoms with E-state index in [2.05, 4.69) is 34.6 Å². The summed E-state index contributed by atoms with van der Waals surface area (Å²) in [4.78, 5) is 20.4. The lowest BCUT2D eigenvalue weighted by atomic mass is 9.64. The molecule has 4 heterocycles. The summed E-state index contributed by atoms with van der Waals surface area (Å²) in [6.07, 6.45) is 4.05. The molecule has 8 atom stereocenters. The second-order valence-electron chi connectivity index (χ2n) is 14.1. The molecule has 6 rings (SSSR count). The van der Waals surface area contributed by atoms with Crippen LogP contribution in [0.25, 0.3) is 0 Å². The molecule has 2 saturated carbocycles. The number of hydrogen-bond donors (Lipinski definition) is 2. The molecule has 4 saturated heterocycles. The normalized spacial score (nSPS) is 42.0. The van der Waals surface area contributed by atoms with E-state index < -0.39 is 23.9 Å². The smallest absolute Gasteiger partial charge is 0.380 e. The predicted octanol–water partition coefficient (Wildman–Crippen LogP) is 3.67. The first-order valence-electron chi connectivity index (χ1n) is 15.5. The molecule has 1 amide bonds. The molecule has 0 aromatic rings. The Morgan fingerprint density at radius 1 is 1.08 bits per heavy atom. The number of rotatable bonds is 6. The van der Waals surface area contributed by atoms with Crippen molar-refractivity contribution in [2.75, 3.05) is 53.1 Å². The van der Waals surface area contributed by atoms with Gasteiger partial charge in [-0.05, 0) is 88.6 Å². The SMILES string of the molecule is C[C@H]1CCCN(CC2CC3C(=O)N(C4CCCC(C5(CC6NNCN6C)COC5)C4)CC3C(C(F)(F)F)C2)C1. The van der Waals surface area contributed by atoms with Gasteiger partial charge in [0, 0.05) is 37.0 Å². The number of hydrazine groups is 1. The molecule has 0 radical (unpaired) electrons. The minimum absolute atomic E-state index is 0.0110. The van der Waals surface area contributed by atoms with Gasteiger partial charge >= 0.3 is 6.18 Å². The number of nitrogens with one attached hydrogen (secondary N) is 2. The zero-order valence-electron chi connectivity index (χ0n) is 23.7. The second kappa shape index (κ2) is 11.0. The van der Waals surface area contributed by atoms with E-state index in [-0.39, 0.29) is 35.9 Å². The highest BCUT2D eigenvalue weighted by Crippen LogP contribution is 2.53. The van der Waals surface area contributed by atoms with E-state index in [0.717, 1.165) is 71.5 Å². The van der Waals surface area contributed by atoms with E-state index in [1.165, 1.54) is 6.42 Å². The van der Waals surface area contributed by atoms with Gasteiger partial charge in [-0.25, -0.2) is 10.9 Å². The van der Waals surface area contributed by atoms with Crippen LogP contribution in [0.15, 0.2) is 0 Å². The number of carbonyl (C=O) groups excluding carboxylic acids is 1. The van der Waals surface area contributed by atoms with E-state index in [0.29, 0.717) is 31.3 Å². The number of halogens is 3. The summed E-state index contributed by atoms with van der Waals surface area (Å²) in [6, 6.07) is 0.0574. The lowest BCUT2D eigenvalue weighted by Crippen LogP contribution is -2.56. The molecule has 39 heavy (non-hydrogen) atoms. The molecule has 6 fully saturated rings. The summed E-state index contributed by atoms with van der Waals surface area (Å²) in [7, 11) is 2.11. The summed E-state index contributed by atoms with van der Waals surface area (Å²) in [6.45, 7) is 7.46. The summed E-state index contributed by atoms with van der Waals surface area (Å²) in [5.74, 6) is -1.42. The number of nitrogens with zero attached hydrogens (tertiary/aromatic N) is 3. The number of likely N-dealkylation sites (tertiary alicyclic amines) is 2. The average molecular weight is 556 g/mol. The first-order chi connectivity index (χ1) is 18.6. The standard InChI is InChI=1S/C29H48F3N5O2/c1-19-5-4-8-36(13-19)14-20-9-23-24(25(10-20)29(30,31)32)15-37(27(23)38)22-7-3-6-21(11-22)28(16-39-17-28)12-26-34-33-18-35(26)2/h19-26,33-34H,3-18H2,1-2H3/t19-,20?,21?,22?,23?,24?,25?,26?/m0/s1. The maximum Gasteiger partial charge on any atom is 0.392 e. The Bertz CT molecular complexity index is 885. The molecule has 0 bridgehead atoms. The first kappa shape index (κ1) is 28.2. The third-order valence-corrected chi connectivity index (χ3v) is 11.4. The van der Waals surface area contributed by atoms with Crippen molar-refractivity contribution in [1.29, 1.82) is 0 Å². The summed E-state index contributed by atoms with van der Waals surface area (Å²) in [5, 5.41) is 0. The van der Waals surface area contributed by atoms with Crippen molar-refractivity contribution in [3.8, 4) is 0 Å². The number of carbonyl (C=O) groups is 1. The topological polar surface area (TPSA) is 60.1 Å². The largest absolute Gasteiger partial charge is 0.392 e. The van der Waals surface area contributed by atoms with E-state index in [9.17, 15) is 18.0 Å². The lowest BCUT2D eigenvalue weighted by Gasteiger charge is -2.52. The molecule has 0 aromatic carbocycles. The fourth-order valence-electron chi connectivity index (χ4n) is 9.17. The van der Waals surface area contributed by atoms with Crippen LogP contribution < -0.4 is 10.9 Å². The third-order valence-electron chi connectivity index (χ3n) is 11.4. The van der Waals surface area contributed by atoms with E-state index >= 15 is 0 Å². The van der Waals surface area contributed by atoms with Crippen LogP contribution in [-0.4, -0.2) is 92.1 Å². The van der Waals surface area contributed by atoms with E-state index in [1.54, 1.807) is 0 Å². The second-order valence-corrected chi connectivity index (χ2v) is 14.1. The van der Waals surface area contributed by atoms with Crippen molar-refractivity contribution in [3.05, 3.63) is 0 Å². The fraction of sp³-hybridized carbons (Fsp3) is 0.966. The first-order valence-corrected chi connectivity index (χ1v) is 15.5. The monoisotopic (exact) mass is 555 g/mol. The highest BCUT2D eigenvalue weighted by Gasteiger charge is 2.58. The summed E-state index contributed by atoms with van der Waals surface area (Å²) in [5.41, 5.74) is 6.68. The Kier molecular flexibility index (Phi) is 7.98. The fourth-order valence-corrected chi connectivity index (χ4v) is 9.17. The third kappa shape index (κ3) is 5.62. The molecule has 2 N–H and O–H groups in total. The number of alkyl halides is 3. The average Bonchev–Trinajstić information content (AvgIpc) is 3.43. The van der Waals surface area contributed by atoms with Crippen LogP contribution in [0.2, 0.25) is 0 Å². The van der Waals surface area contributed by atoms with E-state index in [4.69, 9.17) is 4.74 Å². The Morgan fingerprint density at radius 3 is 2.56 bits per heavy atom. The van der Waals surface area contributed by atoms with Crippen LogP contribution in [-0.2, 0) is 9.53 Å². The molecule has 7 unspecified atom stereocenters. The summed E-state index contributed by atoms with van der Waals surface area (Å²) < 4.78 is 49.0. The molecule has 222 valence electrons. The molecular weight excluding hydrogens is 507 g/mol. The van der Waals surface area contributed by atoms with Gasteiger partial charge in [0.25, 0.3) is 0 Å². The van der Waals surface area contributed by atoms with Crippen LogP contribution in [0, 0.1) is 40.9 Å². The van der Waals surface area contributed by atoms with E-state index in [1.807, 2.05) is 4.90 Å². The van der Waals surface area contributed by atoms with Crippen molar-refractivity contribution < 1.29 is 22.7 Å². The molecular formula is C29H48F3N5O2. The predicted molar refractivity (Wildman–Crippen MR) is 142 cm³/mol. The Morgan fingerprint density at radius 2 is 1.90 bits per heavy atom. The maximum absolute atomic E-state index is 14.4. The molecule has 6 aliphatic rings. The van der Waals surface area contributed by atoms with Crippen LogP contribution in [0.4, 0.5) is 13.2 Å².